The highest BCUT2D eigenvalue weighted by Gasteiger charge is 2.48. The van der Waals surface area contributed by atoms with Crippen molar-refractivity contribution >= 4 is 68.9 Å². The van der Waals surface area contributed by atoms with E-state index >= 15 is 0 Å². The molecule has 1 aliphatic rings. The molecule has 7 nitrogen and oxygen atoms in total. The summed E-state index contributed by atoms with van der Waals surface area (Å²) < 4.78 is 6.57. The number of aliphatic hydroxyl groups excluding tert-OH is 1. The Hall–Kier alpha value is -3.37. The van der Waals surface area contributed by atoms with Crippen LogP contribution in [0.5, 0.6) is 5.75 Å². The number of thioether (sulfide) groups is 1. The summed E-state index contributed by atoms with van der Waals surface area (Å²) in [6, 6.07) is 20.2. The van der Waals surface area contributed by atoms with Crippen LogP contribution in [0.1, 0.15) is 48.9 Å². The van der Waals surface area contributed by atoms with Crippen molar-refractivity contribution in [3.63, 3.8) is 0 Å². The van der Waals surface area contributed by atoms with Crippen LogP contribution in [0.4, 0.5) is 5.13 Å². The summed E-state index contributed by atoms with van der Waals surface area (Å²) in [6.07, 6.45) is 3.04. The van der Waals surface area contributed by atoms with Gasteiger partial charge in [-0.1, -0.05) is 96.4 Å². The Morgan fingerprint density at radius 1 is 1.02 bits per heavy atom. The first-order valence-electron chi connectivity index (χ1n) is 13.4. The molecule has 0 aliphatic carbocycles. The average Bonchev–Trinajstić information content (AvgIpc) is 3.57. The van der Waals surface area contributed by atoms with Crippen molar-refractivity contribution < 1.29 is 19.4 Å². The van der Waals surface area contributed by atoms with Crippen LogP contribution in [0.2, 0.25) is 10.0 Å². The summed E-state index contributed by atoms with van der Waals surface area (Å²) in [5.74, 6) is -0.755. The Kier molecular flexibility index (Phi) is 9.84. The number of hydrogen-bond donors (Lipinski definition) is 1. The quantitative estimate of drug-likeness (QED) is 0.0440. The first-order chi connectivity index (χ1) is 20.4. The zero-order valence-corrected chi connectivity index (χ0v) is 25.8. The van der Waals surface area contributed by atoms with Gasteiger partial charge in [-0.15, -0.1) is 10.2 Å². The van der Waals surface area contributed by atoms with E-state index in [1.807, 2.05) is 30.3 Å². The van der Waals surface area contributed by atoms with Gasteiger partial charge in [0.2, 0.25) is 5.13 Å². The number of hydrogen-bond acceptors (Lipinski definition) is 8. The molecule has 0 radical (unpaired) electrons. The van der Waals surface area contributed by atoms with Gasteiger partial charge in [-0.2, -0.15) is 0 Å². The number of ketones is 1. The number of anilines is 1. The molecule has 216 valence electrons. The van der Waals surface area contributed by atoms with Crippen molar-refractivity contribution in [1.82, 2.24) is 10.2 Å². The smallest absolute Gasteiger partial charge is 0.301 e. The SMILES string of the molecule is CCCCCOc1cccc(C2/C(=C(\O)c3ccc(Cl)cc3)C(=O)C(=O)N2c2nnc(SCc3ccccc3Cl)s2)c1. The molecule has 1 amide bonds. The molecule has 2 heterocycles. The summed E-state index contributed by atoms with van der Waals surface area (Å²) in [7, 11) is 0. The Morgan fingerprint density at radius 2 is 1.81 bits per heavy atom. The highest BCUT2D eigenvalue weighted by molar-refractivity contribution is 8.00. The number of halogens is 2. The second kappa shape index (κ2) is 13.7. The number of aliphatic hydroxyl groups is 1. The van der Waals surface area contributed by atoms with Crippen molar-refractivity contribution in [2.24, 2.45) is 0 Å². The molecule has 11 heteroatoms. The number of nitrogens with zero attached hydrogens (tertiary/aromatic N) is 3. The van der Waals surface area contributed by atoms with Crippen molar-refractivity contribution in [1.29, 1.82) is 0 Å². The third-order valence-corrected chi connectivity index (χ3v) is 9.39. The van der Waals surface area contributed by atoms with Crippen molar-refractivity contribution in [3.05, 3.63) is 105 Å². The number of unbranched alkanes of at least 4 members (excludes halogenated alkanes) is 2. The van der Waals surface area contributed by atoms with Gasteiger partial charge in [0.15, 0.2) is 4.34 Å². The number of amides is 1. The standard InChI is InChI=1S/C31H27Cl2N3O4S2/c1-2-3-6-16-40-23-10-7-9-20(17-23)26-25(27(37)19-12-14-22(32)15-13-19)28(38)29(39)36(26)30-34-35-31(42-30)41-18-21-8-4-5-11-24(21)33/h4-5,7-15,17,26,37H,2-3,6,16,18H2,1H3/b27-25+. The molecule has 4 aromatic rings. The predicted molar refractivity (Wildman–Crippen MR) is 169 cm³/mol. The lowest BCUT2D eigenvalue weighted by molar-refractivity contribution is -0.132. The van der Waals surface area contributed by atoms with Crippen molar-refractivity contribution in [2.45, 2.75) is 42.3 Å². The van der Waals surface area contributed by atoms with Gasteiger partial charge in [0.1, 0.15) is 11.5 Å². The van der Waals surface area contributed by atoms with Crippen LogP contribution in [0, 0.1) is 0 Å². The highest BCUT2D eigenvalue weighted by atomic mass is 35.5. The van der Waals surface area contributed by atoms with Crippen LogP contribution >= 0.6 is 46.3 Å². The van der Waals surface area contributed by atoms with Crippen LogP contribution in [0.25, 0.3) is 5.76 Å². The van der Waals surface area contributed by atoms with E-state index in [4.69, 9.17) is 27.9 Å². The zero-order chi connectivity index (χ0) is 29.6. The van der Waals surface area contributed by atoms with E-state index in [-0.39, 0.29) is 16.5 Å². The Morgan fingerprint density at radius 3 is 2.57 bits per heavy atom. The number of carbonyl (C=O) groups excluding carboxylic acids is 2. The van der Waals surface area contributed by atoms with Gasteiger partial charge in [-0.3, -0.25) is 14.5 Å². The van der Waals surface area contributed by atoms with E-state index < -0.39 is 17.7 Å². The maximum atomic E-state index is 13.5. The molecule has 42 heavy (non-hydrogen) atoms. The maximum absolute atomic E-state index is 13.5. The first-order valence-corrected chi connectivity index (χ1v) is 15.9. The van der Waals surface area contributed by atoms with Crippen LogP contribution in [-0.4, -0.2) is 33.6 Å². The van der Waals surface area contributed by atoms with E-state index in [9.17, 15) is 14.7 Å². The van der Waals surface area contributed by atoms with Crippen LogP contribution in [0.3, 0.4) is 0 Å². The lowest BCUT2D eigenvalue weighted by Gasteiger charge is -2.23. The van der Waals surface area contributed by atoms with E-state index in [1.165, 1.54) is 28.0 Å². The topological polar surface area (TPSA) is 92.6 Å². The highest BCUT2D eigenvalue weighted by Crippen LogP contribution is 2.44. The minimum atomic E-state index is -0.950. The molecule has 1 N–H and O–H groups in total. The number of Topliss-reactive ketones (excluding diaryl/α,β-unsaturated/α-hetero) is 1. The van der Waals surface area contributed by atoms with Gasteiger partial charge >= 0.3 is 5.91 Å². The van der Waals surface area contributed by atoms with Crippen molar-refractivity contribution in [3.8, 4) is 5.75 Å². The van der Waals surface area contributed by atoms with Gasteiger partial charge in [-0.25, -0.2) is 0 Å². The van der Waals surface area contributed by atoms with E-state index in [0.717, 1.165) is 24.8 Å². The zero-order valence-electron chi connectivity index (χ0n) is 22.6. The van der Waals surface area contributed by atoms with E-state index in [0.29, 0.717) is 43.6 Å². The van der Waals surface area contributed by atoms with Crippen LogP contribution in [0.15, 0.2) is 82.7 Å². The van der Waals surface area contributed by atoms with Gasteiger partial charge in [0.05, 0.1) is 18.2 Å². The molecule has 0 saturated carbocycles. The molecular weight excluding hydrogens is 613 g/mol. The van der Waals surface area contributed by atoms with E-state index in [1.54, 1.807) is 42.5 Å². The summed E-state index contributed by atoms with van der Waals surface area (Å²) in [6.45, 7) is 2.67. The van der Waals surface area contributed by atoms with Crippen molar-refractivity contribution in [2.75, 3.05) is 11.5 Å². The monoisotopic (exact) mass is 639 g/mol. The fourth-order valence-corrected chi connectivity index (χ4v) is 6.82. The molecule has 1 aromatic heterocycles. The fourth-order valence-electron chi connectivity index (χ4n) is 4.54. The summed E-state index contributed by atoms with van der Waals surface area (Å²) in [5.41, 5.74) is 1.85. The predicted octanol–water partition coefficient (Wildman–Crippen LogP) is 8.33. The average molecular weight is 641 g/mol. The molecular formula is C31H27Cl2N3O4S2. The molecule has 1 fully saturated rings. The molecule has 0 bridgehead atoms. The third kappa shape index (κ3) is 6.65. The second-order valence-electron chi connectivity index (χ2n) is 9.53. The largest absolute Gasteiger partial charge is 0.507 e. The Balaban J connectivity index is 1.52. The lowest BCUT2D eigenvalue weighted by Crippen LogP contribution is -2.29. The Labute approximate surface area is 262 Å². The minimum Gasteiger partial charge on any atom is -0.507 e. The van der Waals surface area contributed by atoms with Crippen LogP contribution < -0.4 is 9.64 Å². The normalized spacial score (nSPS) is 16.3. The second-order valence-corrected chi connectivity index (χ2v) is 12.6. The number of benzene rings is 3. The molecule has 1 atom stereocenters. The lowest BCUT2D eigenvalue weighted by atomic mass is 9.95. The number of carbonyl (C=O) groups is 2. The minimum absolute atomic E-state index is 0.0501. The van der Waals surface area contributed by atoms with Gasteiger partial charge < -0.3 is 9.84 Å². The molecule has 3 aromatic carbocycles. The summed E-state index contributed by atoms with van der Waals surface area (Å²) >= 11 is 15.0. The molecule has 1 saturated heterocycles. The molecule has 1 aliphatic heterocycles. The number of ether oxygens (including phenoxy) is 1. The third-order valence-electron chi connectivity index (χ3n) is 6.66. The first kappa shape index (κ1) is 30.1. The summed E-state index contributed by atoms with van der Waals surface area (Å²) in [4.78, 5) is 28.4. The summed E-state index contributed by atoms with van der Waals surface area (Å²) in [5, 5.41) is 21.3. The fraction of sp³-hybridized carbons (Fsp3) is 0.226. The van der Waals surface area contributed by atoms with Crippen LogP contribution in [-0.2, 0) is 15.3 Å². The van der Waals surface area contributed by atoms with Gasteiger partial charge in [-0.05, 0) is 60.0 Å². The van der Waals surface area contributed by atoms with E-state index in [2.05, 4.69) is 17.1 Å². The van der Waals surface area contributed by atoms with Gasteiger partial charge in [0, 0.05) is 21.4 Å². The number of aromatic nitrogens is 2. The molecule has 1 unspecified atom stereocenters. The molecule has 0 spiro atoms. The maximum Gasteiger partial charge on any atom is 0.301 e. The number of rotatable bonds is 11. The Bertz CT molecular complexity index is 1620. The van der Waals surface area contributed by atoms with Gasteiger partial charge in [0.25, 0.3) is 5.78 Å². The molecule has 5 rings (SSSR count).